The lowest BCUT2D eigenvalue weighted by atomic mass is 10.0. The van der Waals surface area contributed by atoms with E-state index in [9.17, 15) is 15.0 Å². The molecule has 3 N–H and O–H groups in total. The van der Waals surface area contributed by atoms with Gasteiger partial charge in [0.2, 0.25) is 5.91 Å². The fourth-order valence-corrected chi connectivity index (χ4v) is 10.3. The molecule has 0 aromatic heterocycles. The monoisotopic (exact) mass is 970 g/mol. The van der Waals surface area contributed by atoms with Crippen LogP contribution >= 0.6 is 0 Å². The highest BCUT2D eigenvalue weighted by atomic mass is 16.3. The number of amides is 1. The van der Waals surface area contributed by atoms with E-state index in [0.29, 0.717) is 12.8 Å². The van der Waals surface area contributed by atoms with Gasteiger partial charge in [0.05, 0.1) is 18.8 Å². The van der Waals surface area contributed by atoms with Gasteiger partial charge in [0.1, 0.15) is 0 Å². The number of hydrogen-bond acceptors (Lipinski definition) is 3. The maximum atomic E-state index is 12.5. The lowest BCUT2D eigenvalue weighted by molar-refractivity contribution is -0.123. The molecule has 0 spiro atoms. The number of nitrogens with one attached hydrogen (secondary N) is 1. The van der Waals surface area contributed by atoms with E-state index in [1.54, 1.807) is 0 Å². The molecule has 410 valence electrons. The van der Waals surface area contributed by atoms with Crippen LogP contribution < -0.4 is 5.32 Å². The van der Waals surface area contributed by atoms with Crippen LogP contribution in [0, 0.1) is 0 Å². The fraction of sp³-hybridized carbons (Fsp3) is 0.923. The molecule has 0 rings (SSSR count). The molecule has 0 aliphatic rings. The first-order valence-electron chi connectivity index (χ1n) is 32.0. The Labute approximate surface area is 434 Å². The average Bonchev–Trinajstić information content (AvgIpc) is 3.35. The maximum Gasteiger partial charge on any atom is 0.220 e. The van der Waals surface area contributed by atoms with E-state index in [4.69, 9.17) is 0 Å². The Kier molecular flexibility index (Phi) is 60.2. The van der Waals surface area contributed by atoms with Crippen LogP contribution in [0.1, 0.15) is 367 Å². The molecule has 0 aromatic rings. The molecule has 0 saturated heterocycles. The van der Waals surface area contributed by atoms with Gasteiger partial charge in [-0.1, -0.05) is 340 Å². The molecular formula is C65H127NO3. The normalized spacial score (nSPS) is 12.8. The average molecular weight is 971 g/mol. The van der Waals surface area contributed by atoms with E-state index >= 15 is 0 Å². The number of unbranched alkanes of at least 4 members (excludes halogenated alkanes) is 49. The highest BCUT2D eigenvalue weighted by Crippen LogP contribution is 2.19. The zero-order chi connectivity index (χ0) is 49.9. The van der Waals surface area contributed by atoms with Crippen molar-refractivity contribution in [2.75, 3.05) is 6.61 Å². The first-order chi connectivity index (χ1) is 34.2. The molecular weight excluding hydrogens is 843 g/mol. The molecule has 69 heavy (non-hydrogen) atoms. The van der Waals surface area contributed by atoms with Crippen LogP contribution in [0.25, 0.3) is 0 Å². The Balaban J connectivity index is 3.38. The van der Waals surface area contributed by atoms with Crippen molar-refractivity contribution in [1.82, 2.24) is 5.32 Å². The second-order valence-corrected chi connectivity index (χ2v) is 22.2. The third-order valence-corrected chi connectivity index (χ3v) is 15.2. The van der Waals surface area contributed by atoms with Gasteiger partial charge in [-0.15, -0.1) is 0 Å². The van der Waals surface area contributed by atoms with Crippen molar-refractivity contribution >= 4 is 5.91 Å². The van der Waals surface area contributed by atoms with Gasteiger partial charge in [-0.25, -0.2) is 0 Å². The van der Waals surface area contributed by atoms with Crippen molar-refractivity contribution in [3.05, 3.63) is 24.3 Å². The number of carbonyl (C=O) groups excluding carboxylic acids is 1. The molecule has 0 saturated carbocycles. The molecule has 1 amide bonds. The van der Waals surface area contributed by atoms with Gasteiger partial charge < -0.3 is 15.5 Å². The van der Waals surface area contributed by atoms with Gasteiger partial charge in [-0.3, -0.25) is 4.79 Å². The van der Waals surface area contributed by atoms with E-state index < -0.39 is 12.1 Å². The standard InChI is InChI=1S/C65H127NO3/c1-3-5-7-9-11-13-15-17-19-21-23-24-25-26-27-28-29-30-31-32-33-34-35-36-37-38-39-40-41-42-43-45-47-49-51-53-55-57-59-61-65(69)66-63(62-67)64(68)60-58-56-54-52-50-48-46-44-22-20-18-16-14-12-10-8-6-4-2/h29-30,32-33,63-64,67-68H,3-28,31,34-62H2,1-2H3,(H,66,69)/b30-29-,33-32-. The highest BCUT2D eigenvalue weighted by molar-refractivity contribution is 5.76. The first kappa shape index (κ1) is 67.9. The largest absolute Gasteiger partial charge is 0.394 e. The van der Waals surface area contributed by atoms with Gasteiger partial charge in [-0.2, -0.15) is 0 Å². The summed E-state index contributed by atoms with van der Waals surface area (Å²) >= 11 is 0. The quantitative estimate of drug-likeness (QED) is 0.0420. The summed E-state index contributed by atoms with van der Waals surface area (Å²) in [5.74, 6) is -0.0247. The number of allylic oxidation sites excluding steroid dienone is 4. The van der Waals surface area contributed by atoms with Crippen molar-refractivity contribution in [3.8, 4) is 0 Å². The molecule has 2 atom stereocenters. The van der Waals surface area contributed by atoms with E-state index in [0.717, 1.165) is 32.1 Å². The van der Waals surface area contributed by atoms with Crippen LogP contribution in [-0.4, -0.2) is 34.9 Å². The zero-order valence-corrected chi connectivity index (χ0v) is 47.4. The van der Waals surface area contributed by atoms with Crippen molar-refractivity contribution in [2.45, 2.75) is 379 Å². The summed E-state index contributed by atoms with van der Waals surface area (Å²) in [5, 5.41) is 23.4. The zero-order valence-electron chi connectivity index (χ0n) is 47.4. The number of hydrogen-bond donors (Lipinski definition) is 3. The minimum atomic E-state index is -0.658. The Morgan fingerprint density at radius 3 is 0.870 bits per heavy atom. The molecule has 0 aliphatic heterocycles. The topological polar surface area (TPSA) is 69.6 Å². The lowest BCUT2D eigenvalue weighted by Gasteiger charge is -2.22. The van der Waals surface area contributed by atoms with E-state index in [1.165, 1.54) is 308 Å². The second-order valence-electron chi connectivity index (χ2n) is 22.2. The maximum absolute atomic E-state index is 12.5. The summed E-state index contributed by atoms with van der Waals surface area (Å²) in [7, 11) is 0. The van der Waals surface area contributed by atoms with Gasteiger partial charge in [-0.05, 0) is 44.9 Å². The number of aliphatic hydroxyl groups excluding tert-OH is 2. The molecule has 4 heteroatoms. The molecule has 0 heterocycles. The SMILES string of the molecule is CCCCCCCCCCCCCCCCC/C=C\C/C=C\CCCCCCCCCCCCCCCCCCCC(=O)NC(CO)C(O)CCCCCCCCCCCCCCCCCCCC. The smallest absolute Gasteiger partial charge is 0.220 e. The Morgan fingerprint density at radius 1 is 0.348 bits per heavy atom. The second kappa shape index (κ2) is 61.2. The summed E-state index contributed by atoms with van der Waals surface area (Å²) in [4.78, 5) is 12.5. The van der Waals surface area contributed by atoms with Crippen molar-refractivity contribution < 1.29 is 15.0 Å². The van der Waals surface area contributed by atoms with Crippen LogP contribution in [0.15, 0.2) is 24.3 Å². The summed E-state index contributed by atoms with van der Waals surface area (Å²) in [6.07, 6.45) is 82.1. The molecule has 0 aromatic carbocycles. The van der Waals surface area contributed by atoms with Crippen LogP contribution in [-0.2, 0) is 4.79 Å². The number of carbonyl (C=O) groups is 1. The fourth-order valence-electron chi connectivity index (χ4n) is 10.3. The Hall–Kier alpha value is -1.13. The van der Waals surface area contributed by atoms with E-state index in [2.05, 4.69) is 43.5 Å². The number of aliphatic hydroxyl groups is 2. The van der Waals surface area contributed by atoms with E-state index in [1.807, 2.05) is 0 Å². The van der Waals surface area contributed by atoms with Gasteiger partial charge in [0.15, 0.2) is 0 Å². The summed E-state index contributed by atoms with van der Waals surface area (Å²) in [6, 6.07) is -0.535. The molecule has 0 bridgehead atoms. The summed E-state index contributed by atoms with van der Waals surface area (Å²) in [5.41, 5.74) is 0. The van der Waals surface area contributed by atoms with Gasteiger partial charge >= 0.3 is 0 Å². The first-order valence-corrected chi connectivity index (χ1v) is 32.0. The third-order valence-electron chi connectivity index (χ3n) is 15.2. The predicted molar refractivity (Wildman–Crippen MR) is 309 cm³/mol. The summed E-state index contributed by atoms with van der Waals surface area (Å²) < 4.78 is 0. The molecule has 4 nitrogen and oxygen atoms in total. The molecule has 0 fully saturated rings. The predicted octanol–water partition coefficient (Wildman–Crippen LogP) is 21.4. The van der Waals surface area contributed by atoms with Crippen LogP contribution in [0.4, 0.5) is 0 Å². The van der Waals surface area contributed by atoms with E-state index in [-0.39, 0.29) is 12.5 Å². The van der Waals surface area contributed by atoms with Crippen molar-refractivity contribution in [3.63, 3.8) is 0 Å². The minimum Gasteiger partial charge on any atom is -0.394 e. The Morgan fingerprint density at radius 2 is 0.594 bits per heavy atom. The molecule has 2 unspecified atom stereocenters. The Bertz CT molecular complexity index is 1010. The molecule has 0 aliphatic carbocycles. The lowest BCUT2D eigenvalue weighted by Crippen LogP contribution is -2.45. The van der Waals surface area contributed by atoms with Crippen molar-refractivity contribution in [1.29, 1.82) is 0 Å². The van der Waals surface area contributed by atoms with Crippen LogP contribution in [0.3, 0.4) is 0 Å². The minimum absolute atomic E-state index is 0.0247. The van der Waals surface area contributed by atoms with Gasteiger partial charge in [0, 0.05) is 6.42 Å². The third kappa shape index (κ3) is 57.6. The van der Waals surface area contributed by atoms with Gasteiger partial charge in [0.25, 0.3) is 0 Å². The van der Waals surface area contributed by atoms with Crippen LogP contribution in [0.2, 0.25) is 0 Å². The highest BCUT2D eigenvalue weighted by Gasteiger charge is 2.20. The molecule has 0 radical (unpaired) electrons. The summed E-state index contributed by atoms with van der Waals surface area (Å²) in [6.45, 7) is 4.40. The van der Waals surface area contributed by atoms with Crippen LogP contribution in [0.5, 0.6) is 0 Å². The number of rotatable bonds is 60. The van der Waals surface area contributed by atoms with Crippen molar-refractivity contribution in [2.24, 2.45) is 0 Å².